The Kier molecular flexibility index (Phi) is 9.71. The minimum absolute atomic E-state index is 0.0535. The number of rotatable bonds is 6. The highest BCUT2D eigenvalue weighted by Crippen LogP contribution is 2.32. The number of nitrogens with zero attached hydrogens (tertiary/aromatic N) is 2. The van der Waals surface area contributed by atoms with Gasteiger partial charge in [0.05, 0.1) is 15.7 Å². The van der Waals surface area contributed by atoms with Crippen LogP contribution in [0.3, 0.4) is 0 Å². The molecule has 5 rings (SSSR count). The van der Waals surface area contributed by atoms with Crippen molar-refractivity contribution in [2.75, 3.05) is 5.32 Å². The zero-order chi connectivity index (χ0) is 28.8. The molecule has 2 aromatic heterocycles. The molecule has 11 heteroatoms. The standard InChI is InChI=1S/C27H16BrCl2N5O2S.C2H6/c28-16-5-7-23-18(10-16)20(12-32-23)24-19(11-31)26(37)35-27(34-24)38-13-14-2-1-3-17(8-14)33-25(36)15-4-6-21(29)22(30)9-15;1-2/h1-10,12,32H,13H2,(H,33,36)(H,34,35,37);1-2H3. The Morgan fingerprint density at radius 3 is 2.65 bits per heavy atom. The number of anilines is 1. The number of hydrogen-bond donors (Lipinski definition) is 3. The quantitative estimate of drug-likeness (QED) is 0.126. The van der Waals surface area contributed by atoms with Crippen LogP contribution in [0.4, 0.5) is 5.69 Å². The highest BCUT2D eigenvalue weighted by molar-refractivity contribution is 9.10. The minimum atomic E-state index is -0.507. The van der Waals surface area contributed by atoms with Crippen molar-refractivity contribution in [3.63, 3.8) is 0 Å². The molecule has 202 valence electrons. The fourth-order valence-electron chi connectivity index (χ4n) is 3.84. The molecule has 0 saturated carbocycles. The van der Waals surface area contributed by atoms with Gasteiger partial charge in [0.15, 0.2) is 5.16 Å². The Balaban J connectivity index is 0.00000181. The fraction of sp³-hybridized carbons (Fsp3) is 0.103. The van der Waals surface area contributed by atoms with E-state index in [-0.39, 0.29) is 11.5 Å². The van der Waals surface area contributed by atoms with E-state index >= 15 is 0 Å². The van der Waals surface area contributed by atoms with Crippen LogP contribution in [-0.2, 0) is 5.75 Å². The second-order valence-electron chi connectivity index (χ2n) is 8.17. The predicted octanol–water partition coefficient (Wildman–Crippen LogP) is 8.43. The summed E-state index contributed by atoms with van der Waals surface area (Å²) in [4.78, 5) is 35.9. The molecular weight excluding hydrogens is 633 g/mol. The number of carbonyl (C=O) groups excluding carboxylic acids is 1. The van der Waals surface area contributed by atoms with Crippen molar-refractivity contribution >= 4 is 73.4 Å². The second-order valence-corrected chi connectivity index (χ2v) is 10.9. The summed E-state index contributed by atoms with van der Waals surface area (Å²) in [5.74, 6) is 0.144. The molecular formula is C29H22BrCl2N5O2S. The van der Waals surface area contributed by atoms with Crippen LogP contribution in [0.15, 0.2) is 81.3 Å². The first kappa shape index (κ1) is 29.4. The van der Waals surface area contributed by atoms with Gasteiger partial charge in [-0.1, -0.05) is 76.9 Å². The number of H-pyrrole nitrogens is 2. The van der Waals surface area contributed by atoms with Crippen molar-refractivity contribution in [1.29, 1.82) is 5.26 Å². The maximum Gasteiger partial charge on any atom is 0.270 e. The summed E-state index contributed by atoms with van der Waals surface area (Å²) in [6, 6.07) is 19.7. The third-order valence-corrected chi connectivity index (χ3v) is 7.83. The first-order valence-electron chi connectivity index (χ1n) is 12.1. The molecule has 0 fully saturated rings. The molecule has 2 heterocycles. The monoisotopic (exact) mass is 653 g/mol. The van der Waals surface area contributed by atoms with Gasteiger partial charge in [-0.25, -0.2) is 4.98 Å². The van der Waals surface area contributed by atoms with Gasteiger partial charge in [-0.15, -0.1) is 0 Å². The smallest absolute Gasteiger partial charge is 0.270 e. The van der Waals surface area contributed by atoms with Crippen molar-refractivity contribution in [2.45, 2.75) is 24.8 Å². The van der Waals surface area contributed by atoms with E-state index in [9.17, 15) is 14.9 Å². The van der Waals surface area contributed by atoms with Crippen molar-refractivity contribution in [3.8, 4) is 17.3 Å². The highest BCUT2D eigenvalue weighted by Gasteiger charge is 2.17. The molecule has 0 unspecified atom stereocenters. The van der Waals surface area contributed by atoms with Gasteiger partial charge in [-0.3, -0.25) is 9.59 Å². The van der Waals surface area contributed by atoms with Crippen molar-refractivity contribution in [2.24, 2.45) is 0 Å². The lowest BCUT2D eigenvalue weighted by molar-refractivity contribution is 0.102. The average molecular weight is 655 g/mol. The largest absolute Gasteiger partial charge is 0.360 e. The molecule has 0 aliphatic rings. The summed E-state index contributed by atoms with van der Waals surface area (Å²) in [6.45, 7) is 4.00. The average Bonchev–Trinajstić information content (AvgIpc) is 3.37. The first-order valence-corrected chi connectivity index (χ1v) is 14.7. The van der Waals surface area contributed by atoms with Crippen LogP contribution in [0.5, 0.6) is 0 Å². The molecule has 1 amide bonds. The van der Waals surface area contributed by atoms with E-state index in [4.69, 9.17) is 23.2 Å². The van der Waals surface area contributed by atoms with Crippen LogP contribution >= 0.6 is 50.9 Å². The maximum absolute atomic E-state index is 12.7. The highest BCUT2D eigenvalue weighted by atomic mass is 79.9. The third-order valence-electron chi connectivity index (χ3n) is 5.65. The molecule has 0 spiro atoms. The zero-order valence-corrected chi connectivity index (χ0v) is 25.2. The van der Waals surface area contributed by atoms with E-state index in [0.29, 0.717) is 43.5 Å². The topological polar surface area (TPSA) is 114 Å². The zero-order valence-electron chi connectivity index (χ0n) is 21.3. The number of benzene rings is 3. The van der Waals surface area contributed by atoms with E-state index in [0.717, 1.165) is 20.9 Å². The Hall–Kier alpha value is -3.55. The molecule has 40 heavy (non-hydrogen) atoms. The van der Waals surface area contributed by atoms with Crippen LogP contribution in [0.25, 0.3) is 22.2 Å². The van der Waals surface area contributed by atoms with E-state index in [1.807, 2.05) is 56.3 Å². The van der Waals surface area contributed by atoms with E-state index in [2.05, 4.69) is 36.2 Å². The number of aromatic amines is 2. The molecule has 0 bridgehead atoms. The van der Waals surface area contributed by atoms with Gasteiger partial charge in [-0.05, 0) is 54.1 Å². The first-order chi connectivity index (χ1) is 19.3. The summed E-state index contributed by atoms with van der Waals surface area (Å²) in [6.07, 6.45) is 1.74. The Morgan fingerprint density at radius 1 is 1.10 bits per heavy atom. The predicted molar refractivity (Wildman–Crippen MR) is 166 cm³/mol. The van der Waals surface area contributed by atoms with Gasteiger partial charge in [0.25, 0.3) is 11.5 Å². The Bertz CT molecular complexity index is 1810. The maximum atomic E-state index is 12.7. The van der Waals surface area contributed by atoms with Gasteiger partial charge < -0.3 is 15.3 Å². The number of nitriles is 1. The Morgan fingerprint density at radius 2 is 1.90 bits per heavy atom. The van der Waals surface area contributed by atoms with E-state index in [1.165, 1.54) is 17.8 Å². The van der Waals surface area contributed by atoms with Crippen LogP contribution < -0.4 is 10.9 Å². The molecule has 7 nitrogen and oxygen atoms in total. The van der Waals surface area contributed by atoms with Crippen LogP contribution in [0, 0.1) is 11.3 Å². The molecule has 3 aromatic carbocycles. The molecule has 3 N–H and O–H groups in total. The molecule has 0 aliphatic carbocycles. The molecule has 0 radical (unpaired) electrons. The molecule has 0 atom stereocenters. The van der Waals surface area contributed by atoms with Gasteiger partial charge in [0.1, 0.15) is 11.6 Å². The van der Waals surface area contributed by atoms with Crippen LogP contribution in [0.1, 0.15) is 35.3 Å². The number of fused-ring (bicyclic) bond motifs is 1. The lowest BCUT2D eigenvalue weighted by Crippen LogP contribution is -2.14. The lowest BCUT2D eigenvalue weighted by atomic mass is 10.1. The summed E-state index contributed by atoms with van der Waals surface area (Å²) < 4.78 is 0.870. The fourth-order valence-corrected chi connectivity index (χ4v) is 5.30. The van der Waals surface area contributed by atoms with Crippen LogP contribution in [-0.4, -0.2) is 20.9 Å². The summed E-state index contributed by atoms with van der Waals surface area (Å²) in [5, 5.41) is 14.4. The SMILES string of the molecule is CC.N#Cc1c(-c2c[nH]c3ccc(Br)cc23)nc(SCc2cccc(NC(=O)c3ccc(Cl)c(Cl)c3)c2)[nH]c1=O. The van der Waals surface area contributed by atoms with E-state index in [1.54, 1.807) is 24.4 Å². The number of nitrogens with one attached hydrogen (secondary N) is 3. The van der Waals surface area contributed by atoms with Crippen molar-refractivity contribution in [3.05, 3.63) is 108 Å². The van der Waals surface area contributed by atoms with Crippen molar-refractivity contribution in [1.82, 2.24) is 15.0 Å². The van der Waals surface area contributed by atoms with E-state index < -0.39 is 5.56 Å². The summed E-state index contributed by atoms with van der Waals surface area (Å²) in [5.41, 5.74) is 3.16. The number of aromatic nitrogens is 3. The minimum Gasteiger partial charge on any atom is -0.360 e. The summed E-state index contributed by atoms with van der Waals surface area (Å²) >= 11 is 16.7. The lowest BCUT2D eigenvalue weighted by Gasteiger charge is -2.09. The van der Waals surface area contributed by atoms with Gasteiger partial charge >= 0.3 is 0 Å². The number of thioether (sulfide) groups is 1. The molecule has 5 aromatic rings. The van der Waals surface area contributed by atoms with Gasteiger partial charge in [0, 0.05) is 44.1 Å². The van der Waals surface area contributed by atoms with Crippen molar-refractivity contribution < 1.29 is 4.79 Å². The number of halogens is 3. The van der Waals surface area contributed by atoms with Crippen LogP contribution in [0.2, 0.25) is 10.0 Å². The molecule has 0 aliphatic heterocycles. The Labute approximate surface area is 253 Å². The summed E-state index contributed by atoms with van der Waals surface area (Å²) in [7, 11) is 0. The van der Waals surface area contributed by atoms with Gasteiger partial charge in [-0.2, -0.15) is 5.26 Å². The number of amides is 1. The number of carbonyl (C=O) groups is 1. The second kappa shape index (κ2) is 13.2. The number of hydrogen-bond acceptors (Lipinski definition) is 5. The third kappa shape index (κ3) is 6.60. The molecule has 0 saturated heterocycles. The van der Waals surface area contributed by atoms with Gasteiger partial charge in [0.2, 0.25) is 0 Å². The normalized spacial score (nSPS) is 10.5.